The van der Waals surface area contributed by atoms with Crippen molar-refractivity contribution in [2.24, 2.45) is 0 Å². The third-order valence-electron chi connectivity index (χ3n) is 5.52. The van der Waals surface area contributed by atoms with Crippen LogP contribution in [-0.2, 0) is 4.79 Å². The van der Waals surface area contributed by atoms with E-state index in [-0.39, 0.29) is 5.91 Å². The number of carbonyl (C=O) groups is 1. The molecule has 9 heteroatoms. The van der Waals surface area contributed by atoms with Crippen molar-refractivity contribution in [3.8, 4) is 28.6 Å². The SMILES string of the molecule is CCCCSc1nnc2c(n1)O[C@@H](c1ccc(OC)cc1OC)N(C(=O)CC)c1ccccc1-2. The molecule has 8 nitrogen and oxygen atoms in total. The molecule has 4 rings (SSSR count). The van der Waals surface area contributed by atoms with E-state index in [1.165, 1.54) is 0 Å². The highest BCUT2D eigenvalue weighted by Gasteiger charge is 2.36. The Morgan fingerprint density at radius 1 is 1.12 bits per heavy atom. The van der Waals surface area contributed by atoms with Gasteiger partial charge in [-0.2, -0.15) is 4.98 Å². The second-order valence-corrected chi connectivity index (χ2v) is 8.72. The molecule has 0 saturated heterocycles. The number of thioether (sulfide) groups is 1. The lowest BCUT2D eigenvalue weighted by molar-refractivity contribution is -0.120. The van der Waals surface area contributed by atoms with Crippen LogP contribution in [0.2, 0.25) is 0 Å². The lowest BCUT2D eigenvalue weighted by atomic mass is 10.1. The summed E-state index contributed by atoms with van der Waals surface area (Å²) in [6.07, 6.45) is 1.61. The number of ether oxygens (including phenoxy) is 3. The van der Waals surface area contributed by atoms with Crippen molar-refractivity contribution in [1.29, 1.82) is 0 Å². The van der Waals surface area contributed by atoms with E-state index in [1.807, 2.05) is 43.3 Å². The fraction of sp³-hybridized carbons (Fsp3) is 0.360. The Kier molecular flexibility index (Phi) is 7.52. The van der Waals surface area contributed by atoms with Crippen molar-refractivity contribution >= 4 is 23.4 Å². The quantitative estimate of drug-likeness (QED) is 0.318. The van der Waals surface area contributed by atoms with Crippen LogP contribution < -0.4 is 19.1 Å². The van der Waals surface area contributed by atoms with Crippen molar-refractivity contribution in [2.45, 2.75) is 44.5 Å². The Labute approximate surface area is 203 Å². The molecule has 3 aromatic rings. The van der Waals surface area contributed by atoms with Crippen molar-refractivity contribution < 1.29 is 19.0 Å². The molecule has 0 unspecified atom stereocenters. The number of carbonyl (C=O) groups excluding carboxylic acids is 1. The van der Waals surface area contributed by atoms with E-state index < -0.39 is 6.23 Å². The summed E-state index contributed by atoms with van der Waals surface area (Å²) in [4.78, 5) is 19.6. The number of hydrogen-bond donors (Lipinski definition) is 0. The first-order chi connectivity index (χ1) is 16.6. The van der Waals surface area contributed by atoms with Gasteiger partial charge < -0.3 is 14.2 Å². The van der Waals surface area contributed by atoms with Crippen molar-refractivity contribution in [1.82, 2.24) is 15.2 Å². The van der Waals surface area contributed by atoms with Gasteiger partial charge in [-0.05, 0) is 24.6 Å². The zero-order valence-electron chi connectivity index (χ0n) is 19.8. The first-order valence-corrected chi connectivity index (χ1v) is 12.3. The van der Waals surface area contributed by atoms with E-state index in [0.29, 0.717) is 45.9 Å². The van der Waals surface area contributed by atoms with Gasteiger partial charge in [0.2, 0.25) is 23.2 Å². The molecule has 1 amide bonds. The standard InChI is InChI=1S/C25H28N4O4S/c1-5-7-14-34-25-26-23-22(27-28-25)17-10-8-9-11-19(17)29(21(30)6-2)24(33-23)18-13-12-16(31-3)15-20(18)32-4/h8-13,15,24H,5-7,14H2,1-4H3/t24-/m0/s1. The summed E-state index contributed by atoms with van der Waals surface area (Å²) in [5, 5.41) is 9.34. The largest absolute Gasteiger partial charge is 0.497 e. The molecule has 0 aliphatic carbocycles. The lowest BCUT2D eigenvalue weighted by Crippen LogP contribution is -2.37. The van der Waals surface area contributed by atoms with Crippen molar-refractivity contribution in [3.05, 3.63) is 48.0 Å². The van der Waals surface area contributed by atoms with E-state index >= 15 is 0 Å². The van der Waals surface area contributed by atoms with Gasteiger partial charge in [-0.25, -0.2) is 0 Å². The van der Waals surface area contributed by atoms with Gasteiger partial charge in [0.15, 0.2) is 5.69 Å². The van der Waals surface area contributed by atoms with E-state index in [0.717, 1.165) is 24.2 Å². The second-order valence-electron chi connectivity index (χ2n) is 7.66. The molecule has 178 valence electrons. The fourth-order valence-electron chi connectivity index (χ4n) is 3.75. The predicted molar refractivity (Wildman–Crippen MR) is 132 cm³/mol. The van der Waals surface area contributed by atoms with Gasteiger partial charge >= 0.3 is 0 Å². The minimum Gasteiger partial charge on any atom is -0.497 e. The van der Waals surface area contributed by atoms with Crippen LogP contribution in [0.1, 0.15) is 44.9 Å². The summed E-state index contributed by atoms with van der Waals surface area (Å²) in [6, 6.07) is 13.0. The zero-order valence-corrected chi connectivity index (χ0v) is 20.6. The van der Waals surface area contributed by atoms with Gasteiger partial charge in [-0.15, -0.1) is 10.2 Å². The van der Waals surface area contributed by atoms with Crippen LogP contribution >= 0.6 is 11.8 Å². The number of fused-ring (bicyclic) bond motifs is 3. The third-order valence-corrected chi connectivity index (χ3v) is 6.44. The molecule has 2 heterocycles. The normalized spacial score (nSPS) is 14.5. The Morgan fingerprint density at radius 2 is 1.94 bits per heavy atom. The number of aromatic nitrogens is 3. The highest BCUT2D eigenvalue weighted by Crippen LogP contribution is 2.45. The molecular weight excluding hydrogens is 452 g/mol. The number of benzene rings is 2. The van der Waals surface area contributed by atoms with Gasteiger partial charge in [0, 0.05) is 23.8 Å². The molecule has 0 fully saturated rings. The summed E-state index contributed by atoms with van der Waals surface area (Å²) in [5.74, 6) is 2.30. The van der Waals surface area contributed by atoms with Crippen LogP contribution in [0.25, 0.3) is 11.3 Å². The second kappa shape index (κ2) is 10.7. The van der Waals surface area contributed by atoms with Crippen LogP contribution in [0.3, 0.4) is 0 Å². The first-order valence-electron chi connectivity index (χ1n) is 11.3. The number of rotatable bonds is 8. The molecule has 0 bridgehead atoms. The molecule has 0 radical (unpaired) electrons. The minimum atomic E-state index is -0.819. The summed E-state index contributed by atoms with van der Waals surface area (Å²) >= 11 is 1.54. The highest BCUT2D eigenvalue weighted by molar-refractivity contribution is 7.99. The van der Waals surface area contributed by atoms with Gasteiger partial charge in [-0.1, -0.05) is 50.2 Å². The Hall–Kier alpha value is -3.33. The van der Waals surface area contributed by atoms with Crippen molar-refractivity contribution in [2.75, 3.05) is 24.9 Å². The van der Waals surface area contributed by atoms with E-state index in [2.05, 4.69) is 17.1 Å². The summed E-state index contributed by atoms with van der Waals surface area (Å²) in [7, 11) is 3.17. The smallest absolute Gasteiger partial charge is 0.247 e. The van der Waals surface area contributed by atoms with Crippen LogP contribution in [0.4, 0.5) is 5.69 Å². The zero-order chi connectivity index (χ0) is 24.1. The Morgan fingerprint density at radius 3 is 2.68 bits per heavy atom. The molecule has 34 heavy (non-hydrogen) atoms. The van der Waals surface area contributed by atoms with Crippen LogP contribution in [0, 0.1) is 0 Å². The first kappa shape index (κ1) is 23.8. The Bertz CT molecular complexity index is 1170. The number of anilines is 1. The number of amides is 1. The Balaban J connectivity index is 1.89. The van der Waals surface area contributed by atoms with Crippen LogP contribution in [0.15, 0.2) is 47.6 Å². The van der Waals surface area contributed by atoms with Gasteiger partial charge in [-0.3, -0.25) is 9.69 Å². The van der Waals surface area contributed by atoms with Crippen molar-refractivity contribution in [3.63, 3.8) is 0 Å². The van der Waals surface area contributed by atoms with Gasteiger partial charge in [0.1, 0.15) is 11.5 Å². The van der Waals surface area contributed by atoms with E-state index in [1.54, 1.807) is 36.9 Å². The molecule has 1 aliphatic rings. The molecule has 0 N–H and O–H groups in total. The van der Waals surface area contributed by atoms with Gasteiger partial charge in [0.25, 0.3) is 0 Å². The minimum absolute atomic E-state index is 0.103. The summed E-state index contributed by atoms with van der Waals surface area (Å²) in [5.41, 5.74) is 2.59. The molecule has 1 aliphatic heterocycles. The van der Waals surface area contributed by atoms with E-state index in [4.69, 9.17) is 19.2 Å². The average molecular weight is 481 g/mol. The number of para-hydroxylation sites is 1. The third kappa shape index (κ3) is 4.65. The molecule has 0 saturated carbocycles. The monoisotopic (exact) mass is 480 g/mol. The average Bonchev–Trinajstić information content (AvgIpc) is 3.02. The molecule has 0 spiro atoms. The van der Waals surface area contributed by atoms with Gasteiger partial charge in [0.05, 0.1) is 25.5 Å². The molecular formula is C25H28N4O4S. The number of hydrogen-bond acceptors (Lipinski definition) is 8. The van der Waals surface area contributed by atoms with E-state index in [9.17, 15) is 4.79 Å². The molecule has 2 aromatic carbocycles. The van der Waals surface area contributed by atoms with Crippen LogP contribution in [0.5, 0.6) is 17.4 Å². The highest BCUT2D eigenvalue weighted by atomic mass is 32.2. The molecule has 1 aromatic heterocycles. The number of nitrogens with zero attached hydrogens (tertiary/aromatic N) is 4. The number of methoxy groups -OCH3 is 2. The number of unbranched alkanes of at least 4 members (excludes halogenated alkanes) is 1. The predicted octanol–water partition coefficient (Wildman–Crippen LogP) is 5.28. The maximum Gasteiger partial charge on any atom is 0.247 e. The fourth-order valence-corrected chi connectivity index (χ4v) is 4.61. The summed E-state index contributed by atoms with van der Waals surface area (Å²) < 4.78 is 17.5. The molecule has 1 atom stereocenters. The van der Waals surface area contributed by atoms with Crippen LogP contribution in [-0.4, -0.2) is 41.1 Å². The topological polar surface area (TPSA) is 86.7 Å². The summed E-state index contributed by atoms with van der Waals surface area (Å²) in [6.45, 7) is 3.97. The maximum absolute atomic E-state index is 13.3. The lowest BCUT2D eigenvalue weighted by Gasteiger charge is -2.31. The maximum atomic E-state index is 13.3.